The molecule has 4 heteroatoms. The van der Waals surface area contributed by atoms with Crippen LogP contribution in [0.1, 0.15) is 38.8 Å². The molecule has 1 atom stereocenters. The average molecular weight is 269 g/mol. The lowest BCUT2D eigenvalue weighted by Crippen LogP contribution is -2.23. The van der Waals surface area contributed by atoms with Crippen LogP contribution in [0.5, 0.6) is 5.75 Å². The van der Waals surface area contributed by atoms with E-state index in [2.05, 4.69) is 19.2 Å². The predicted octanol–water partition coefficient (Wildman–Crippen LogP) is 3.24. The van der Waals surface area contributed by atoms with Crippen LogP contribution in [-0.2, 0) is 4.74 Å². The molecule has 0 radical (unpaired) electrons. The maximum absolute atomic E-state index is 12.9. The average Bonchev–Trinajstić information content (AvgIpc) is 2.32. The minimum absolute atomic E-state index is 0.0132. The predicted molar refractivity (Wildman–Crippen MR) is 74.8 cm³/mol. The fraction of sp³-hybridized carbons (Fsp3) is 0.600. The van der Waals surface area contributed by atoms with Crippen LogP contribution >= 0.6 is 0 Å². The van der Waals surface area contributed by atoms with Gasteiger partial charge in [0, 0.05) is 30.8 Å². The van der Waals surface area contributed by atoms with Crippen molar-refractivity contribution in [3.63, 3.8) is 0 Å². The molecular weight excluding hydrogens is 245 g/mol. The molecule has 108 valence electrons. The molecule has 0 aromatic heterocycles. The van der Waals surface area contributed by atoms with E-state index in [1.54, 1.807) is 6.07 Å². The van der Waals surface area contributed by atoms with Gasteiger partial charge in [0.1, 0.15) is 11.6 Å². The minimum atomic E-state index is -0.425. The van der Waals surface area contributed by atoms with Crippen molar-refractivity contribution in [2.24, 2.45) is 5.92 Å². The summed E-state index contributed by atoms with van der Waals surface area (Å²) >= 11 is 0. The molecule has 0 amide bonds. The van der Waals surface area contributed by atoms with Gasteiger partial charge in [-0.15, -0.1) is 0 Å². The Balaban J connectivity index is 2.25. The quantitative estimate of drug-likeness (QED) is 0.712. The number of nitrogens with one attached hydrogen (secondary N) is 1. The first kappa shape index (κ1) is 15.9. The molecule has 2 N–H and O–H groups in total. The Labute approximate surface area is 114 Å². The maximum Gasteiger partial charge on any atom is 0.126 e. The fourth-order valence-electron chi connectivity index (χ4n) is 1.76. The van der Waals surface area contributed by atoms with Crippen molar-refractivity contribution in [2.75, 3.05) is 19.8 Å². The van der Waals surface area contributed by atoms with Gasteiger partial charge in [-0.3, -0.25) is 0 Å². The number of halogens is 1. The third-order valence-electron chi connectivity index (χ3n) is 3.00. The molecule has 1 unspecified atom stereocenters. The van der Waals surface area contributed by atoms with Gasteiger partial charge >= 0.3 is 0 Å². The Morgan fingerprint density at radius 1 is 1.26 bits per heavy atom. The lowest BCUT2D eigenvalue weighted by atomic mass is 10.1. The molecule has 19 heavy (non-hydrogen) atoms. The normalized spacial score (nSPS) is 12.9. The summed E-state index contributed by atoms with van der Waals surface area (Å²) in [5, 5.41) is 12.9. The highest BCUT2D eigenvalue weighted by Crippen LogP contribution is 2.24. The molecule has 1 aromatic rings. The number of hydrogen-bond donors (Lipinski definition) is 2. The van der Waals surface area contributed by atoms with E-state index in [1.165, 1.54) is 6.07 Å². The van der Waals surface area contributed by atoms with Crippen LogP contribution in [0.2, 0.25) is 0 Å². The van der Waals surface area contributed by atoms with Crippen molar-refractivity contribution >= 4 is 0 Å². The Kier molecular flexibility index (Phi) is 6.81. The highest BCUT2D eigenvalue weighted by Gasteiger charge is 2.10. The summed E-state index contributed by atoms with van der Waals surface area (Å²) in [7, 11) is 0. The highest BCUT2D eigenvalue weighted by molar-refractivity contribution is 5.34. The Morgan fingerprint density at radius 2 is 2.00 bits per heavy atom. The molecule has 0 saturated heterocycles. The van der Waals surface area contributed by atoms with Gasteiger partial charge < -0.3 is 15.2 Å². The van der Waals surface area contributed by atoms with Crippen molar-refractivity contribution < 1.29 is 14.2 Å². The second-order valence-electron chi connectivity index (χ2n) is 5.17. The van der Waals surface area contributed by atoms with Crippen molar-refractivity contribution in [1.29, 1.82) is 0 Å². The number of ether oxygens (including phenoxy) is 1. The van der Waals surface area contributed by atoms with Gasteiger partial charge in [0.25, 0.3) is 0 Å². The summed E-state index contributed by atoms with van der Waals surface area (Å²) in [6, 6.07) is 4.05. The first-order chi connectivity index (χ1) is 9.00. The largest absolute Gasteiger partial charge is 0.508 e. The summed E-state index contributed by atoms with van der Waals surface area (Å²) in [4.78, 5) is 0. The van der Waals surface area contributed by atoms with E-state index in [9.17, 15) is 9.50 Å². The van der Waals surface area contributed by atoms with Gasteiger partial charge in [0.05, 0.1) is 6.61 Å². The topological polar surface area (TPSA) is 41.5 Å². The summed E-state index contributed by atoms with van der Waals surface area (Å²) in [5.41, 5.74) is 0.698. The second kappa shape index (κ2) is 8.12. The van der Waals surface area contributed by atoms with Crippen molar-refractivity contribution in [3.05, 3.63) is 29.6 Å². The van der Waals surface area contributed by atoms with Gasteiger partial charge in [-0.25, -0.2) is 4.39 Å². The number of hydrogen-bond acceptors (Lipinski definition) is 3. The Bertz CT molecular complexity index is 382. The molecule has 0 aliphatic rings. The van der Waals surface area contributed by atoms with Crippen LogP contribution in [-0.4, -0.2) is 24.9 Å². The van der Waals surface area contributed by atoms with Crippen LogP contribution < -0.4 is 5.32 Å². The van der Waals surface area contributed by atoms with E-state index in [1.807, 2.05) is 6.92 Å². The summed E-state index contributed by atoms with van der Waals surface area (Å²) in [6.45, 7) is 8.38. The van der Waals surface area contributed by atoms with E-state index in [4.69, 9.17) is 4.74 Å². The minimum Gasteiger partial charge on any atom is -0.508 e. The zero-order valence-electron chi connectivity index (χ0n) is 11.9. The standard InChI is InChI=1S/C15H24FNO2/c1-11(2)6-8-19-9-7-17-12(3)14-5-4-13(16)10-15(14)18/h4-5,10-12,17-18H,6-9H2,1-3H3. The van der Waals surface area contributed by atoms with Crippen molar-refractivity contribution in [1.82, 2.24) is 5.32 Å². The molecule has 3 nitrogen and oxygen atoms in total. The number of phenolic OH excluding ortho intramolecular Hbond substituents is 1. The van der Waals surface area contributed by atoms with Gasteiger partial charge in [-0.1, -0.05) is 19.9 Å². The lowest BCUT2D eigenvalue weighted by molar-refractivity contribution is 0.123. The molecule has 0 aliphatic carbocycles. The van der Waals surface area contributed by atoms with Crippen LogP contribution in [0.4, 0.5) is 4.39 Å². The highest BCUT2D eigenvalue weighted by atomic mass is 19.1. The van der Waals surface area contributed by atoms with Crippen LogP contribution in [0, 0.1) is 11.7 Å². The zero-order valence-corrected chi connectivity index (χ0v) is 11.9. The number of phenols is 1. The number of benzene rings is 1. The third-order valence-corrected chi connectivity index (χ3v) is 3.00. The first-order valence-electron chi connectivity index (χ1n) is 6.80. The molecule has 0 bridgehead atoms. The molecular formula is C15H24FNO2. The Hall–Kier alpha value is -1.13. The van der Waals surface area contributed by atoms with E-state index in [-0.39, 0.29) is 11.8 Å². The van der Waals surface area contributed by atoms with Gasteiger partial charge in [0.2, 0.25) is 0 Å². The van der Waals surface area contributed by atoms with Crippen LogP contribution in [0.15, 0.2) is 18.2 Å². The molecule has 1 rings (SSSR count). The van der Waals surface area contributed by atoms with Gasteiger partial charge in [-0.2, -0.15) is 0 Å². The number of rotatable bonds is 8. The first-order valence-corrected chi connectivity index (χ1v) is 6.80. The maximum atomic E-state index is 12.9. The number of aromatic hydroxyl groups is 1. The van der Waals surface area contributed by atoms with Gasteiger partial charge in [0.15, 0.2) is 0 Å². The van der Waals surface area contributed by atoms with Crippen LogP contribution in [0.3, 0.4) is 0 Å². The van der Waals surface area contributed by atoms with Crippen molar-refractivity contribution in [2.45, 2.75) is 33.2 Å². The molecule has 0 spiro atoms. The zero-order chi connectivity index (χ0) is 14.3. The van der Waals surface area contributed by atoms with E-state index in [0.717, 1.165) is 19.1 Å². The second-order valence-corrected chi connectivity index (χ2v) is 5.17. The lowest BCUT2D eigenvalue weighted by Gasteiger charge is -2.15. The molecule has 0 heterocycles. The molecule has 0 fully saturated rings. The molecule has 0 aliphatic heterocycles. The molecule has 1 aromatic carbocycles. The summed E-state index contributed by atoms with van der Waals surface area (Å²) in [5.74, 6) is 0.217. The van der Waals surface area contributed by atoms with Crippen molar-refractivity contribution in [3.8, 4) is 5.75 Å². The van der Waals surface area contributed by atoms with Gasteiger partial charge in [-0.05, 0) is 25.3 Å². The van der Waals surface area contributed by atoms with E-state index in [0.29, 0.717) is 24.6 Å². The SMILES string of the molecule is CC(C)CCOCCNC(C)c1ccc(F)cc1O. The van der Waals surface area contributed by atoms with E-state index < -0.39 is 5.82 Å². The summed E-state index contributed by atoms with van der Waals surface area (Å²) in [6.07, 6.45) is 1.06. The smallest absolute Gasteiger partial charge is 0.126 e. The van der Waals surface area contributed by atoms with Crippen LogP contribution in [0.25, 0.3) is 0 Å². The van der Waals surface area contributed by atoms with E-state index >= 15 is 0 Å². The fourth-order valence-corrected chi connectivity index (χ4v) is 1.76. The molecule has 0 saturated carbocycles. The summed E-state index contributed by atoms with van der Waals surface area (Å²) < 4.78 is 18.4. The monoisotopic (exact) mass is 269 g/mol. The Morgan fingerprint density at radius 3 is 2.63 bits per heavy atom. The third kappa shape index (κ3) is 6.03.